The van der Waals surface area contributed by atoms with E-state index in [1.54, 1.807) is 29.5 Å². The van der Waals surface area contributed by atoms with Crippen molar-refractivity contribution in [1.29, 1.82) is 0 Å². The first kappa shape index (κ1) is 16.0. The van der Waals surface area contributed by atoms with E-state index in [0.29, 0.717) is 29.8 Å². The molecule has 0 aliphatic carbocycles. The summed E-state index contributed by atoms with van der Waals surface area (Å²) in [6, 6.07) is 4.17. The summed E-state index contributed by atoms with van der Waals surface area (Å²) in [5, 5.41) is 6.22. The number of aromatic nitrogens is 1. The van der Waals surface area contributed by atoms with Gasteiger partial charge in [-0.25, -0.2) is 8.42 Å². The van der Waals surface area contributed by atoms with Gasteiger partial charge in [0.2, 0.25) is 10.0 Å². The van der Waals surface area contributed by atoms with Crippen molar-refractivity contribution in [2.75, 3.05) is 18.8 Å². The molecule has 0 aromatic carbocycles. The Morgan fingerprint density at radius 3 is 2.82 bits per heavy atom. The van der Waals surface area contributed by atoms with Crippen LogP contribution in [-0.2, 0) is 10.0 Å². The Kier molecular flexibility index (Phi) is 4.63. The summed E-state index contributed by atoms with van der Waals surface area (Å²) in [6.45, 7) is 4.37. The second kappa shape index (κ2) is 6.35. The molecular weight excluding hydrogens is 340 g/mol. The molecule has 3 rings (SSSR count). The first-order valence-electron chi connectivity index (χ1n) is 7.08. The van der Waals surface area contributed by atoms with Gasteiger partial charge in [-0.3, -0.25) is 0 Å². The fourth-order valence-corrected chi connectivity index (χ4v) is 6.76. The zero-order chi connectivity index (χ0) is 15.7. The van der Waals surface area contributed by atoms with Crippen molar-refractivity contribution in [3.05, 3.63) is 33.8 Å². The van der Waals surface area contributed by atoms with Crippen LogP contribution >= 0.6 is 23.1 Å². The number of sulfonamides is 1. The number of nitrogens with zero attached hydrogens (tertiary/aromatic N) is 2. The highest BCUT2D eigenvalue weighted by Gasteiger charge is 2.33. The SMILES string of the molecule is Cc1noc(C)c1S(=O)(=O)N1CCS[C@H](c2cccs2)CC1. The maximum atomic E-state index is 12.9. The second-order valence-corrected chi connectivity index (χ2v) is 9.39. The highest BCUT2D eigenvalue weighted by atomic mass is 32.2. The molecule has 0 N–H and O–H groups in total. The van der Waals surface area contributed by atoms with E-state index in [1.807, 2.05) is 17.8 Å². The van der Waals surface area contributed by atoms with Crippen molar-refractivity contribution in [2.24, 2.45) is 0 Å². The number of thioether (sulfide) groups is 1. The van der Waals surface area contributed by atoms with Gasteiger partial charge in [0.25, 0.3) is 0 Å². The van der Waals surface area contributed by atoms with Crippen LogP contribution in [0.5, 0.6) is 0 Å². The summed E-state index contributed by atoms with van der Waals surface area (Å²) in [6.07, 6.45) is 0.827. The molecule has 2 aromatic rings. The molecule has 1 aliphatic heterocycles. The lowest BCUT2D eigenvalue weighted by Crippen LogP contribution is -2.33. The summed E-state index contributed by atoms with van der Waals surface area (Å²) < 4.78 is 32.3. The monoisotopic (exact) mass is 358 g/mol. The summed E-state index contributed by atoms with van der Waals surface area (Å²) >= 11 is 3.57. The fraction of sp³-hybridized carbons (Fsp3) is 0.500. The highest BCUT2D eigenvalue weighted by molar-refractivity contribution is 7.99. The molecule has 0 saturated carbocycles. The molecule has 22 heavy (non-hydrogen) atoms. The summed E-state index contributed by atoms with van der Waals surface area (Å²) in [4.78, 5) is 1.55. The van der Waals surface area contributed by atoms with Crippen molar-refractivity contribution in [3.8, 4) is 0 Å². The van der Waals surface area contributed by atoms with E-state index in [0.717, 1.165) is 12.2 Å². The van der Waals surface area contributed by atoms with E-state index in [9.17, 15) is 8.42 Å². The molecule has 5 nitrogen and oxygen atoms in total. The van der Waals surface area contributed by atoms with Crippen LogP contribution in [0, 0.1) is 13.8 Å². The van der Waals surface area contributed by atoms with Crippen LogP contribution < -0.4 is 0 Å². The number of hydrogen-bond donors (Lipinski definition) is 0. The van der Waals surface area contributed by atoms with Crippen LogP contribution in [0.15, 0.2) is 26.9 Å². The molecule has 0 bridgehead atoms. The number of rotatable bonds is 3. The largest absolute Gasteiger partial charge is 0.360 e. The Morgan fingerprint density at radius 2 is 2.18 bits per heavy atom. The summed E-state index contributed by atoms with van der Waals surface area (Å²) in [5.41, 5.74) is 0.434. The van der Waals surface area contributed by atoms with Crippen LogP contribution in [0.25, 0.3) is 0 Å². The Labute approximate surface area is 138 Å². The third-order valence-electron chi connectivity index (χ3n) is 3.73. The minimum absolute atomic E-state index is 0.229. The van der Waals surface area contributed by atoms with Crippen molar-refractivity contribution in [2.45, 2.75) is 30.4 Å². The molecule has 1 aliphatic rings. The molecule has 8 heteroatoms. The van der Waals surface area contributed by atoms with Crippen molar-refractivity contribution >= 4 is 33.1 Å². The van der Waals surface area contributed by atoms with Gasteiger partial charge in [-0.15, -0.1) is 11.3 Å². The predicted octanol–water partition coefficient (Wildman–Crippen LogP) is 3.22. The molecule has 120 valence electrons. The third-order valence-corrected chi connectivity index (χ3v) is 8.32. The van der Waals surface area contributed by atoms with E-state index in [4.69, 9.17) is 4.52 Å². The maximum absolute atomic E-state index is 12.9. The lowest BCUT2D eigenvalue weighted by atomic mass is 10.2. The lowest BCUT2D eigenvalue weighted by Gasteiger charge is -2.19. The van der Waals surface area contributed by atoms with Crippen LogP contribution in [0.1, 0.15) is 28.0 Å². The fourth-order valence-electron chi connectivity index (χ4n) is 2.66. The van der Waals surface area contributed by atoms with Gasteiger partial charge < -0.3 is 4.52 Å². The molecule has 1 saturated heterocycles. The topological polar surface area (TPSA) is 63.4 Å². The normalized spacial score (nSPS) is 20.9. The van der Waals surface area contributed by atoms with E-state index in [1.165, 1.54) is 4.88 Å². The molecule has 0 spiro atoms. The van der Waals surface area contributed by atoms with Gasteiger partial charge in [0, 0.05) is 29.0 Å². The highest BCUT2D eigenvalue weighted by Crippen LogP contribution is 2.38. The average Bonchev–Trinajstić information content (AvgIpc) is 3.03. The maximum Gasteiger partial charge on any atom is 0.248 e. The van der Waals surface area contributed by atoms with E-state index in [2.05, 4.69) is 16.6 Å². The molecule has 1 fully saturated rings. The smallest absolute Gasteiger partial charge is 0.248 e. The lowest BCUT2D eigenvalue weighted by molar-refractivity contribution is 0.388. The average molecular weight is 359 g/mol. The van der Waals surface area contributed by atoms with Crippen LogP contribution in [0.3, 0.4) is 0 Å². The van der Waals surface area contributed by atoms with Gasteiger partial charge in [0.1, 0.15) is 10.6 Å². The summed E-state index contributed by atoms with van der Waals surface area (Å²) in [7, 11) is -3.53. The van der Waals surface area contributed by atoms with Gasteiger partial charge in [-0.05, 0) is 31.7 Å². The second-order valence-electron chi connectivity index (χ2n) is 5.22. The zero-order valence-electron chi connectivity index (χ0n) is 12.5. The first-order valence-corrected chi connectivity index (χ1v) is 10.4. The Morgan fingerprint density at radius 1 is 1.36 bits per heavy atom. The standard InChI is InChI=1S/C14H18N2O3S3/c1-10-14(11(2)19-15-10)22(17,18)16-6-5-13(21-9-7-16)12-4-3-8-20-12/h3-4,8,13H,5-7,9H2,1-2H3/t13-/m0/s1. The Hall–Kier alpha value is -0.830. The minimum atomic E-state index is -3.53. The molecule has 0 unspecified atom stereocenters. The summed E-state index contributed by atoms with van der Waals surface area (Å²) in [5.74, 6) is 1.16. The van der Waals surface area contributed by atoms with Crippen LogP contribution in [-0.4, -0.2) is 36.7 Å². The quantitative estimate of drug-likeness (QED) is 0.843. The molecule has 0 radical (unpaired) electrons. The molecule has 2 aromatic heterocycles. The van der Waals surface area contributed by atoms with Gasteiger partial charge in [0.15, 0.2) is 5.76 Å². The van der Waals surface area contributed by atoms with Gasteiger partial charge in [0.05, 0.1) is 0 Å². The van der Waals surface area contributed by atoms with E-state index in [-0.39, 0.29) is 4.90 Å². The van der Waals surface area contributed by atoms with Crippen LogP contribution in [0.4, 0.5) is 0 Å². The minimum Gasteiger partial charge on any atom is -0.360 e. The van der Waals surface area contributed by atoms with E-state index >= 15 is 0 Å². The van der Waals surface area contributed by atoms with Gasteiger partial charge in [-0.2, -0.15) is 16.1 Å². The molecule has 0 amide bonds. The van der Waals surface area contributed by atoms with Crippen molar-refractivity contribution in [1.82, 2.24) is 9.46 Å². The molecule has 3 heterocycles. The number of hydrogen-bond acceptors (Lipinski definition) is 6. The Bertz CT molecular complexity index is 718. The van der Waals surface area contributed by atoms with Gasteiger partial charge in [-0.1, -0.05) is 11.2 Å². The number of thiophene rings is 1. The molecule has 1 atom stereocenters. The first-order chi connectivity index (χ1) is 10.5. The van der Waals surface area contributed by atoms with Crippen molar-refractivity contribution < 1.29 is 12.9 Å². The van der Waals surface area contributed by atoms with Crippen molar-refractivity contribution in [3.63, 3.8) is 0 Å². The molecular formula is C14H18N2O3S3. The third kappa shape index (κ3) is 2.97. The number of aryl methyl sites for hydroxylation is 2. The van der Waals surface area contributed by atoms with Gasteiger partial charge >= 0.3 is 0 Å². The predicted molar refractivity (Wildman–Crippen MR) is 88.9 cm³/mol. The Balaban J connectivity index is 1.81. The zero-order valence-corrected chi connectivity index (χ0v) is 14.9. The van der Waals surface area contributed by atoms with Crippen LogP contribution in [0.2, 0.25) is 0 Å². The van der Waals surface area contributed by atoms with E-state index < -0.39 is 10.0 Å².